The number of aliphatic hydroxyl groups is 1. The molecule has 35 heavy (non-hydrogen) atoms. The lowest BCUT2D eigenvalue weighted by molar-refractivity contribution is -0.120. The van der Waals surface area contributed by atoms with Crippen LogP contribution in [-0.4, -0.2) is 41.1 Å². The van der Waals surface area contributed by atoms with E-state index < -0.39 is 11.6 Å². The molecule has 188 valence electrons. The minimum Gasteiger partial charge on any atom is -0.494 e. The van der Waals surface area contributed by atoms with Crippen LogP contribution >= 0.6 is 0 Å². The lowest BCUT2D eigenvalue weighted by Gasteiger charge is -2.27. The van der Waals surface area contributed by atoms with Gasteiger partial charge in [0.15, 0.2) is 11.7 Å². The molecular weight excluding hydrogens is 446 g/mol. The maximum absolute atomic E-state index is 13.4. The Morgan fingerprint density at radius 1 is 1.23 bits per heavy atom. The summed E-state index contributed by atoms with van der Waals surface area (Å²) in [6, 6.07) is 6.26. The first-order valence-corrected chi connectivity index (χ1v) is 12.2. The molecule has 1 atom stereocenters. The number of hydrogen-bond donors (Lipinski definition) is 3. The molecule has 4 rings (SSSR count). The minimum atomic E-state index is -0.920. The van der Waals surface area contributed by atoms with Crippen molar-refractivity contribution in [2.75, 3.05) is 5.32 Å². The zero-order chi connectivity index (χ0) is 25.0. The number of hydrogen-bond acceptors (Lipinski definition) is 6. The largest absolute Gasteiger partial charge is 0.494 e. The molecule has 0 aliphatic heterocycles. The molecule has 1 fully saturated rings. The average molecular weight is 482 g/mol. The van der Waals surface area contributed by atoms with Crippen molar-refractivity contribution in [3.63, 3.8) is 0 Å². The summed E-state index contributed by atoms with van der Waals surface area (Å²) in [5, 5.41) is 28.0. The van der Waals surface area contributed by atoms with Gasteiger partial charge < -0.3 is 24.8 Å². The van der Waals surface area contributed by atoms with E-state index in [1.54, 1.807) is 47.8 Å². The highest BCUT2D eigenvalue weighted by Gasteiger charge is 2.29. The van der Waals surface area contributed by atoms with E-state index in [0.29, 0.717) is 36.2 Å². The molecule has 3 aromatic rings. The summed E-state index contributed by atoms with van der Waals surface area (Å²) in [7, 11) is 0. The van der Waals surface area contributed by atoms with Crippen molar-refractivity contribution < 1.29 is 19.7 Å². The Labute approximate surface area is 205 Å². The molecular formula is C26H35N5O4. The number of nitrogens with one attached hydrogen (secondary N) is 1. The number of pyridine rings is 1. The predicted octanol–water partition coefficient (Wildman–Crippen LogP) is 4.81. The third-order valence-corrected chi connectivity index (χ3v) is 6.28. The van der Waals surface area contributed by atoms with Crippen molar-refractivity contribution >= 4 is 11.7 Å². The highest BCUT2D eigenvalue weighted by atomic mass is 16.5. The maximum atomic E-state index is 13.4. The van der Waals surface area contributed by atoms with Crippen LogP contribution < -0.4 is 10.1 Å². The fourth-order valence-electron chi connectivity index (χ4n) is 4.61. The van der Waals surface area contributed by atoms with Crippen LogP contribution in [0.2, 0.25) is 0 Å². The maximum Gasteiger partial charge on any atom is 0.248 e. The van der Waals surface area contributed by atoms with E-state index in [1.807, 2.05) is 19.1 Å². The van der Waals surface area contributed by atoms with Crippen molar-refractivity contribution in [1.82, 2.24) is 19.3 Å². The summed E-state index contributed by atoms with van der Waals surface area (Å²) in [5.41, 5.74) is -0.0381. The monoisotopic (exact) mass is 481 g/mol. The molecule has 1 amide bonds. The van der Waals surface area contributed by atoms with Gasteiger partial charge in [-0.05, 0) is 45.2 Å². The van der Waals surface area contributed by atoms with Crippen molar-refractivity contribution in [1.29, 1.82) is 0 Å². The molecule has 0 radical (unpaired) electrons. The molecule has 0 spiro atoms. The van der Waals surface area contributed by atoms with Crippen LogP contribution in [0.15, 0.2) is 42.9 Å². The van der Waals surface area contributed by atoms with Crippen LogP contribution in [0, 0.1) is 12.8 Å². The molecule has 3 heterocycles. The van der Waals surface area contributed by atoms with Crippen molar-refractivity contribution in [3.05, 3.63) is 48.5 Å². The lowest BCUT2D eigenvalue weighted by Crippen LogP contribution is -2.29. The second-order valence-corrected chi connectivity index (χ2v) is 10.1. The van der Waals surface area contributed by atoms with E-state index in [1.165, 1.54) is 12.5 Å². The van der Waals surface area contributed by atoms with Gasteiger partial charge >= 0.3 is 0 Å². The van der Waals surface area contributed by atoms with Gasteiger partial charge in [0.1, 0.15) is 17.5 Å². The van der Waals surface area contributed by atoms with E-state index in [4.69, 9.17) is 4.74 Å². The van der Waals surface area contributed by atoms with Crippen LogP contribution in [0.25, 0.3) is 0 Å². The number of aromatic nitrogens is 4. The van der Waals surface area contributed by atoms with Crippen molar-refractivity contribution in [2.45, 2.75) is 77.5 Å². The Morgan fingerprint density at radius 2 is 2.00 bits per heavy atom. The normalized spacial score (nSPS) is 15.7. The fraction of sp³-hybridized carbons (Fsp3) is 0.500. The number of carbonyl (C=O) groups is 1. The molecule has 1 saturated carbocycles. The van der Waals surface area contributed by atoms with E-state index in [-0.39, 0.29) is 11.8 Å². The van der Waals surface area contributed by atoms with Gasteiger partial charge in [-0.1, -0.05) is 32.1 Å². The SMILES string of the molecule is Cc1ccc(Oc2cc(O)n([C@@H](CC3CCCCC3)C(=O)Nc3ccn(CC(C)(C)O)n3)c2)cn1. The van der Waals surface area contributed by atoms with Crippen LogP contribution in [0.1, 0.15) is 64.1 Å². The topological polar surface area (TPSA) is 114 Å². The fourth-order valence-corrected chi connectivity index (χ4v) is 4.61. The molecule has 3 N–H and O–H groups in total. The summed E-state index contributed by atoms with van der Waals surface area (Å²) < 4.78 is 9.04. The molecule has 3 aromatic heterocycles. The molecule has 0 aromatic carbocycles. The number of aryl methyl sites for hydroxylation is 1. The Morgan fingerprint density at radius 3 is 2.69 bits per heavy atom. The number of amides is 1. The zero-order valence-electron chi connectivity index (χ0n) is 20.6. The number of nitrogens with zero attached hydrogens (tertiary/aromatic N) is 4. The van der Waals surface area contributed by atoms with Gasteiger partial charge in [0.25, 0.3) is 0 Å². The number of carbonyl (C=O) groups excluding carboxylic acids is 1. The molecule has 0 bridgehead atoms. The number of anilines is 1. The lowest BCUT2D eigenvalue weighted by atomic mass is 9.84. The van der Waals surface area contributed by atoms with Gasteiger partial charge in [0, 0.05) is 24.0 Å². The summed E-state index contributed by atoms with van der Waals surface area (Å²) in [6.45, 7) is 5.61. The second-order valence-electron chi connectivity index (χ2n) is 10.1. The number of aromatic hydroxyl groups is 1. The third-order valence-electron chi connectivity index (χ3n) is 6.28. The van der Waals surface area contributed by atoms with Gasteiger partial charge in [0.2, 0.25) is 5.91 Å². The Kier molecular flexibility index (Phi) is 7.45. The van der Waals surface area contributed by atoms with E-state index in [0.717, 1.165) is 31.4 Å². The van der Waals surface area contributed by atoms with Gasteiger partial charge in [-0.3, -0.25) is 14.5 Å². The molecule has 9 nitrogen and oxygen atoms in total. The molecule has 1 aliphatic carbocycles. The van der Waals surface area contributed by atoms with E-state index in [2.05, 4.69) is 15.4 Å². The van der Waals surface area contributed by atoms with Gasteiger partial charge in [-0.2, -0.15) is 5.10 Å². The quantitative estimate of drug-likeness (QED) is 0.404. The summed E-state index contributed by atoms with van der Waals surface area (Å²) in [5.74, 6) is 1.51. The minimum absolute atomic E-state index is 0.0383. The molecule has 0 saturated heterocycles. The standard InChI is InChI=1S/C26H35N5O4/c1-18-9-10-20(15-27-18)35-21-14-24(32)31(16-21)22(13-19-7-5-4-6-8-19)25(33)28-23-11-12-30(29-23)17-26(2,3)34/h9-12,14-16,19,22,32,34H,4-8,13,17H2,1-3H3,(H,28,29,33)/t22-/m0/s1. The van der Waals surface area contributed by atoms with Gasteiger partial charge in [-0.15, -0.1) is 0 Å². The van der Waals surface area contributed by atoms with Crippen LogP contribution in [0.3, 0.4) is 0 Å². The first-order valence-electron chi connectivity index (χ1n) is 12.2. The van der Waals surface area contributed by atoms with Crippen molar-refractivity contribution in [3.8, 4) is 17.4 Å². The van der Waals surface area contributed by atoms with E-state index in [9.17, 15) is 15.0 Å². The first-order chi connectivity index (χ1) is 16.7. The highest BCUT2D eigenvalue weighted by molar-refractivity contribution is 5.93. The Hall–Kier alpha value is -3.33. The summed E-state index contributed by atoms with van der Waals surface area (Å²) >= 11 is 0. The van der Waals surface area contributed by atoms with Crippen LogP contribution in [0.5, 0.6) is 17.4 Å². The summed E-state index contributed by atoms with van der Waals surface area (Å²) in [4.78, 5) is 17.7. The zero-order valence-corrected chi connectivity index (χ0v) is 20.6. The smallest absolute Gasteiger partial charge is 0.248 e. The molecule has 1 aliphatic rings. The van der Waals surface area contributed by atoms with Crippen LogP contribution in [-0.2, 0) is 11.3 Å². The van der Waals surface area contributed by atoms with Crippen LogP contribution in [0.4, 0.5) is 5.82 Å². The van der Waals surface area contributed by atoms with Gasteiger partial charge in [-0.25, -0.2) is 0 Å². The van der Waals surface area contributed by atoms with Crippen molar-refractivity contribution in [2.24, 2.45) is 5.92 Å². The molecule has 0 unspecified atom stereocenters. The Bertz CT molecular complexity index is 1120. The summed E-state index contributed by atoms with van der Waals surface area (Å²) in [6.07, 6.45) is 11.3. The second kappa shape index (κ2) is 10.5. The third kappa shape index (κ3) is 6.85. The molecule has 9 heteroatoms. The first kappa shape index (κ1) is 24.8. The average Bonchev–Trinajstić information content (AvgIpc) is 3.38. The van der Waals surface area contributed by atoms with E-state index >= 15 is 0 Å². The number of rotatable bonds is 9. The number of ether oxygens (including phenoxy) is 1. The predicted molar refractivity (Wildman–Crippen MR) is 133 cm³/mol. The van der Waals surface area contributed by atoms with Gasteiger partial charge in [0.05, 0.1) is 24.5 Å². The highest BCUT2D eigenvalue weighted by Crippen LogP contribution is 2.36. The Balaban J connectivity index is 1.54.